The number of amides is 1. The van der Waals surface area contributed by atoms with Gasteiger partial charge in [0.15, 0.2) is 5.69 Å². The van der Waals surface area contributed by atoms with Gasteiger partial charge in [-0.25, -0.2) is 4.68 Å². The molecule has 24 heavy (non-hydrogen) atoms. The molecule has 128 valence electrons. The number of nitrogens with one attached hydrogen (secondary N) is 1. The van der Waals surface area contributed by atoms with E-state index in [0.29, 0.717) is 23.7 Å². The Morgan fingerprint density at radius 1 is 1.17 bits per heavy atom. The molecule has 0 aliphatic rings. The number of rotatable bonds is 9. The number of carboxylic acids is 1. The molecule has 2 rings (SSSR count). The Morgan fingerprint density at radius 2 is 1.92 bits per heavy atom. The summed E-state index contributed by atoms with van der Waals surface area (Å²) < 4.78 is 1.46. The largest absolute Gasteiger partial charge is 0.481 e. The zero-order chi connectivity index (χ0) is 17.4. The maximum absolute atomic E-state index is 12.0. The summed E-state index contributed by atoms with van der Waals surface area (Å²) in [6.07, 6.45) is 4.89. The van der Waals surface area contributed by atoms with Crippen LogP contribution < -0.4 is 5.32 Å². The van der Waals surface area contributed by atoms with E-state index in [1.807, 2.05) is 12.1 Å². The molecule has 0 saturated heterocycles. The fourth-order valence-corrected chi connectivity index (χ4v) is 2.39. The van der Waals surface area contributed by atoms with E-state index < -0.39 is 5.97 Å². The molecule has 0 unspecified atom stereocenters. The monoisotopic (exact) mass is 350 g/mol. The van der Waals surface area contributed by atoms with Gasteiger partial charge in [-0.2, -0.15) is 0 Å². The molecule has 0 aliphatic heterocycles. The second kappa shape index (κ2) is 9.02. The van der Waals surface area contributed by atoms with E-state index in [2.05, 4.69) is 15.6 Å². The van der Waals surface area contributed by atoms with Crippen LogP contribution in [0.3, 0.4) is 0 Å². The Balaban J connectivity index is 1.76. The van der Waals surface area contributed by atoms with Crippen molar-refractivity contribution in [3.63, 3.8) is 0 Å². The van der Waals surface area contributed by atoms with Gasteiger partial charge in [-0.05, 0) is 25.0 Å². The number of nitrogens with zero attached hydrogens (tertiary/aromatic N) is 3. The van der Waals surface area contributed by atoms with Crippen LogP contribution in [0.5, 0.6) is 0 Å². The maximum atomic E-state index is 12.0. The van der Waals surface area contributed by atoms with Gasteiger partial charge in [0.25, 0.3) is 5.91 Å². The van der Waals surface area contributed by atoms with Crippen LogP contribution in [0.4, 0.5) is 0 Å². The lowest BCUT2D eigenvalue weighted by atomic mass is 10.1. The van der Waals surface area contributed by atoms with Crippen molar-refractivity contribution >= 4 is 23.5 Å². The number of aromatic nitrogens is 3. The molecule has 0 radical (unpaired) electrons. The second-order valence-electron chi connectivity index (χ2n) is 5.31. The first-order valence-electron chi connectivity index (χ1n) is 7.75. The first-order valence-corrected chi connectivity index (χ1v) is 8.13. The van der Waals surface area contributed by atoms with Crippen LogP contribution in [-0.4, -0.2) is 38.5 Å². The summed E-state index contributed by atoms with van der Waals surface area (Å²) in [6, 6.07) is 7.17. The number of hydrogen-bond donors (Lipinski definition) is 2. The van der Waals surface area contributed by atoms with E-state index in [-0.39, 0.29) is 18.0 Å². The van der Waals surface area contributed by atoms with E-state index in [0.717, 1.165) is 19.3 Å². The van der Waals surface area contributed by atoms with Gasteiger partial charge in [0.05, 0.1) is 16.9 Å². The summed E-state index contributed by atoms with van der Waals surface area (Å²) in [7, 11) is 0. The van der Waals surface area contributed by atoms with Gasteiger partial charge in [-0.1, -0.05) is 41.8 Å². The number of benzene rings is 1. The molecule has 2 aromatic rings. The van der Waals surface area contributed by atoms with Crippen LogP contribution >= 0.6 is 11.6 Å². The molecule has 1 aromatic heterocycles. The van der Waals surface area contributed by atoms with E-state index in [9.17, 15) is 9.59 Å². The Labute approximate surface area is 144 Å². The molecule has 2 N–H and O–H groups in total. The quantitative estimate of drug-likeness (QED) is 0.678. The number of carbonyl (C=O) groups is 2. The zero-order valence-corrected chi connectivity index (χ0v) is 13.9. The highest BCUT2D eigenvalue weighted by atomic mass is 35.5. The highest BCUT2D eigenvalue weighted by Crippen LogP contribution is 2.18. The average molecular weight is 351 g/mol. The predicted molar refractivity (Wildman–Crippen MR) is 89.4 cm³/mol. The number of aliphatic carboxylic acids is 1. The van der Waals surface area contributed by atoms with Gasteiger partial charge in [0, 0.05) is 13.0 Å². The predicted octanol–water partition coefficient (Wildman–Crippen LogP) is 2.69. The molecule has 1 heterocycles. The van der Waals surface area contributed by atoms with Gasteiger partial charge in [-0.15, -0.1) is 5.10 Å². The maximum Gasteiger partial charge on any atom is 0.303 e. The summed E-state index contributed by atoms with van der Waals surface area (Å²) in [4.78, 5) is 22.4. The van der Waals surface area contributed by atoms with Gasteiger partial charge in [0.1, 0.15) is 0 Å². The molecular weight excluding hydrogens is 332 g/mol. The molecular formula is C16H19ClN4O3. The van der Waals surface area contributed by atoms with Crippen LogP contribution in [0, 0.1) is 0 Å². The van der Waals surface area contributed by atoms with Crippen molar-refractivity contribution in [2.75, 3.05) is 6.54 Å². The topological polar surface area (TPSA) is 97.1 Å². The van der Waals surface area contributed by atoms with Crippen LogP contribution in [-0.2, 0) is 4.79 Å². The van der Waals surface area contributed by atoms with Crippen LogP contribution in [0.1, 0.15) is 42.6 Å². The van der Waals surface area contributed by atoms with Crippen molar-refractivity contribution < 1.29 is 14.7 Å². The van der Waals surface area contributed by atoms with Crippen molar-refractivity contribution in [1.82, 2.24) is 20.3 Å². The smallest absolute Gasteiger partial charge is 0.303 e. The highest BCUT2D eigenvalue weighted by molar-refractivity contribution is 6.32. The van der Waals surface area contributed by atoms with Crippen molar-refractivity contribution in [3.8, 4) is 5.69 Å². The minimum atomic E-state index is -0.773. The molecule has 1 aromatic carbocycles. The minimum Gasteiger partial charge on any atom is -0.481 e. The van der Waals surface area contributed by atoms with E-state index in [1.54, 1.807) is 12.1 Å². The van der Waals surface area contributed by atoms with E-state index in [4.69, 9.17) is 16.7 Å². The summed E-state index contributed by atoms with van der Waals surface area (Å²) in [5.41, 5.74) is 0.880. The van der Waals surface area contributed by atoms with E-state index in [1.165, 1.54) is 10.9 Å². The number of hydrogen-bond acceptors (Lipinski definition) is 4. The number of unbranched alkanes of at least 4 members (excludes halogenated alkanes) is 3. The summed E-state index contributed by atoms with van der Waals surface area (Å²) in [5.74, 6) is -1.07. The van der Waals surface area contributed by atoms with Crippen LogP contribution in [0.25, 0.3) is 5.69 Å². The first-order chi connectivity index (χ1) is 11.6. The Morgan fingerprint density at radius 3 is 2.67 bits per heavy atom. The number of carbonyl (C=O) groups excluding carboxylic acids is 1. The SMILES string of the molecule is O=C(O)CCCCCCNC(=O)c1cn(-c2ccccc2Cl)nn1. The lowest BCUT2D eigenvalue weighted by Gasteiger charge is -2.03. The molecule has 0 spiro atoms. The standard InChI is InChI=1S/C16H19ClN4O3/c17-12-7-4-5-8-14(12)21-11-13(19-20-21)16(24)18-10-6-2-1-3-9-15(22)23/h4-5,7-8,11H,1-3,6,9-10H2,(H,18,24)(H,22,23). The van der Waals surface area contributed by atoms with Gasteiger partial charge >= 0.3 is 5.97 Å². The van der Waals surface area contributed by atoms with Crippen molar-refractivity contribution in [2.45, 2.75) is 32.1 Å². The van der Waals surface area contributed by atoms with Gasteiger partial charge in [-0.3, -0.25) is 9.59 Å². The lowest BCUT2D eigenvalue weighted by Crippen LogP contribution is -2.24. The molecule has 8 heteroatoms. The third-order valence-corrected chi connectivity index (χ3v) is 3.75. The number of halogens is 1. The molecule has 0 aliphatic carbocycles. The molecule has 0 bridgehead atoms. The molecule has 0 fully saturated rings. The van der Waals surface area contributed by atoms with Crippen molar-refractivity contribution in [1.29, 1.82) is 0 Å². The highest BCUT2D eigenvalue weighted by Gasteiger charge is 2.12. The third kappa shape index (κ3) is 5.34. The number of para-hydroxylation sites is 1. The molecule has 1 amide bonds. The van der Waals surface area contributed by atoms with Gasteiger partial charge in [0.2, 0.25) is 0 Å². The Hall–Kier alpha value is -2.41. The zero-order valence-electron chi connectivity index (χ0n) is 13.1. The van der Waals surface area contributed by atoms with Crippen molar-refractivity contribution in [3.05, 3.63) is 41.2 Å². The fraction of sp³-hybridized carbons (Fsp3) is 0.375. The molecule has 0 saturated carbocycles. The average Bonchev–Trinajstić information content (AvgIpc) is 3.03. The van der Waals surface area contributed by atoms with Crippen molar-refractivity contribution in [2.24, 2.45) is 0 Å². The molecule has 0 atom stereocenters. The van der Waals surface area contributed by atoms with E-state index >= 15 is 0 Å². The van der Waals surface area contributed by atoms with Gasteiger partial charge < -0.3 is 10.4 Å². The Bertz CT molecular complexity index is 702. The number of carboxylic acid groups (broad SMARTS) is 1. The summed E-state index contributed by atoms with van der Waals surface area (Å²) in [6.45, 7) is 0.519. The third-order valence-electron chi connectivity index (χ3n) is 3.43. The molecule has 7 nitrogen and oxygen atoms in total. The van der Waals surface area contributed by atoms with Crippen LogP contribution in [0.15, 0.2) is 30.5 Å². The first kappa shape index (κ1) is 17.9. The Kier molecular flexibility index (Phi) is 6.74. The lowest BCUT2D eigenvalue weighted by molar-refractivity contribution is -0.137. The normalized spacial score (nSPS) is 10.5. The second-order valence-corrected chi connectivity index (χ2v) is 5.72. The van der Waals surface area contributed by atoms with Crippen LogP contribution in [0.2, 0.25) is 5.02 Å². The minimum absolute atomic E-state index is 0.192. The summed E-state index contributed by atoms with van der Waals surface area (Å²) >= 11 is 6.09. The fourth-order valence-electron chi connectivity index (χ4n) is 2.17. The summed E-state index contributed by atoms with van der Waals surface area (Å²) in [5, 5.41) is 19.6.